The first-order valence-electron chi connectivity index (χ1n) is 8.26. The van der Waals surface area contributed by atoms with Crippen molar-refractivity contribution in [2.75, 3.05) is 11.1 Å². The van der Waals surface area contributed by atoms with Gasteiger partial charge in [0.05, 0.1) is 5.75 Å². The Hall–Kier alpha value is -2.67. The molecule has 1 heterocycles. The van der Waals surface area contributed by atoms with Crippen molar-refractivity contribution in [3.63, 3.8) is 0 Å². The largest absolute Gasteiger partial charge is 0.325 e. The van der Waals surface area contributed by atoms with E-state index >= 15 is 0 Å². The SMILES string of the molecule is CCn1c(SCC(=O)Nc2cccc(F)c2)nnc1-c1ccccc1C. The number of amides is 1. The van der Waals surface area contributed by atoms with Gasteiger partial charge in [-0.2, -0.15) is 0 Å². The third-order valence-electron chi connectivity index (χ3n) is 3.86. The van der Waals surface area contributed by atoms with Gasteiger partial charge in [0, 0.05) is 17.8 Å². The quantitative estimate of drug-likeness (QED) is 0.663. The smallest absolute Gasteiger partial charge is 0.234 e. The normalized spacial score (nSPS) is 10.7. The number of hydrogen-bond acceptors (Lipinski definition) is 4. The Labute approximate surface area is 155 Å². The molecule has 0 aliphatic rings. The fourth-order valence-corrected chi connectivity index (χ4v) is 3.40. The predicted molar refractivity (Wildman–Crippen MR) is 102 cm³/mol. The molecule has 0 unspecified atom stereocenters. The highest BCUT2D eigenvalue weighted by Crippen LogP contribution is 2.26. The van der Waals surface area contributed by atoms with Crippen LogP contribution in [-0.2, 0) is 11.3 Å². The van der Waals surface area contributed by atoms with Gasteiger partial charge in [0.25, 0.3) is 0 Å². The zero-order valence-corrected chi connectivity index (χ0v) is 15.4. The molecule has 1 aromatic heterocycles. The first kappa shape index (κ1) is 18.1. The minimum atomic E-state index is -0.385. The van der Waals surface area contributed by atoms with Crippen molar-refractivity contribution < 1.29 is 9.18 Å². The lowest BCUT2D eigenvalue weighted by Gasteiger charge is -2.09. The number of carbonyl (C=O) groups excluding carboxylic acids is 1. The van der Waals surface area contributed by atoms with Crippen molar-refractivity contribution in [2.45, 2.75) is 25.5 Å². The van der Waals surface area contributed by atoms with Gasteiger partial charge < -0.3 is 9.88 Å². The molecule has 1 N–H and O–H groups in total. The molecule has 26 heavy (non-hydrogen) atoms. The zero-order chi connectivity index (χ0) is 18.5. The van der Waals surface area contributed by atoms with Gasteiger partial charge in [-0.15, -0.1) is 10.2 Å². The van der Waals surface area contributed by atoms with E-state index in [-0.39, 0.29) is 17.5 Å². The molecule has 1 amide bonds. The fourth-order valence-electron chi connectivity index (χ4n) is 2.60. The first-order valence-corrected chi connectivity index (χ1v) is 9.24. The van der Waals surface area contributed by atoms with Gasteiger partial charge in [-0.05, 0) is 37.6 Å². The van der Waals surface area contributed by atoms with Gasteiger partial charge in [-0.25, -0.2) is 4.39 Å². The maximum Gasteiger partial charge on any atom is 0.234 e. The molecule has 0 saturated carbocycles. The molecule has 0 bridgehead atoms. The Morgan fingerprint density at radius 2 is 2.00 bits per heavy atom. The molecule has 0 aliphatic carbocycles. The van der Waals surface area contributed by atoms with Gasteiger partial charge in [-0.1, -0.05) is 42.1 Å². The van der Waals surface area contributed by atoms with Gasteiger partial charge >= 0.3 is 0 Å². The van der Waals surface area contributed by atoms with E-state index in [0.29, 0.717) is 17.4 Å². The van der Waals surface area contributed by atoms with Crippen LogP contribution in [0.15, 0.2) is 53.7 Å². The Balaban J connectivity index is 1.71. The van der Waals surface area contributed by atoms with E-state index in [1.165, 1.54) is 23.9 Å². The molecule has 0 spiro atoms. The maximum atomic E-state index is 13.2. The minimum Gasteiger partial charge on any atom is -0.325 e. The monoisotopic (exact) mass is 370 g/mol. The van der Waals surface area contributed by atoms with E-state index in [0.717, 1.165) is 17.0 Å². The Kier molecular flexibility index (Phi) is 5.68. The molecule has 0 atom stereocenters. The second-order valence-electron chi connectivity index (χ2n) is 5.71. The average molecular weight is 370 g/mol. The summed E-state index contributed by atoms with van der Waals surface area (Å²) < 4.78 is 15.2. The topological polar surface area (TPSA) is 59.8 Å². The highest BCUT2D eigenvalue weighted by molar-refractivity contribution is 7.99. The number of nitrogens with one attached hydrogen (secondary N) is 1. The van der Waals surface area contributed by atoms with Crippen LogP contribution in [0.5, 0.6) is 0 Å². The molecule has 0 fully saturated rings. The van der Waals surface area contributed by atoms with Crippen molar-refractivity contribution in [1.82, 2.24) is 14.8 Å². The van der Waals surface area contributed by atoms with Crippen LogP contribution < -0.4 is 5.32 Å². The predicted octanol–water partition coefficient (Wildman–Crippen LogP) is 4.14. The molecule has 134 valence electrons. The Morgan fingerprint density at radius 1 is 1.19 bits per heavy atom. The van der Waals surface area contributed by atoms with E-state index in [4.69, 9.17) is 0 Å². The summed E-state index contributed by atoms with van der Waals surface area (Å²) in [6, 6.07) is 13.8. The molecule has 0 aliphatic heterocycles. The molecular formula is C19H19FN4OS. The number of halogens is 1. The van der Waals surface area contributed by atoms with Crippen molar-refractivity contribution in [2.24, 2.45) is 0 Å². The second kappa shape index (κ2) is 8.14. The summed E-state index contributed by atoms with van der Waals surface area (Å²) in [6.45, 7) is 4.75. The summed E-state index contributed by atoms with van der Waals surface area (Å²) in [6.07, 6.45) is 0. The number of nitrogens with zero attached hydrogens (tertiary/aromatic N) is 3. The number of thioether (sulfide) groups is 1. The molecule has 3 aromatic rings. The molecule has 5 nitrogen and oxygen atoms in total. The minimum absolute atomic E-state index is 0.169. The number of hydrogen-bond donors (Lipinski definition) is 1. The van der Waals surface area contributed by atoms with E-state index in [2.05, 4.69) is 15.5 Å². The summed E-state index contributed by atoms with van der Waals surface area (Å²) in [7, 11) is 0. The van der Waals surface area contributed by atoms with Crippen LogP contribution in [0.1, 0.15) is 12.5 Å². The second-order valence-corrected chi connectivity index (χ2v) is 6.66. The molecule has 0 saturated heterocycles. The Morgan fingerprint density at radius 3 is 2.73 bits per heavy atom. The molecule has 2 aromatic carbocycles. The molecule has 3 rings (SSSR count). The van der Waals surface area contributed by atoms with Gasteiger partial charge in [0.1, 0.15) is 5.82 Å². The molecule has 0 radical (unpaired) electrons. The zero-order valence-electron chi connectivity index (χ0n) is 14.6. The lowest BCUT2D eigenvalue weighted by atomic mass is 10.1. The summed E-state index contributed by atoms with van der Waals surface area (Å²) >= 11 is 1.31. The van der Waals surface area contributed by atoms with Crippen molar-refractivity contribution >= 4 is 23.4 Å². The van der Waals surface area contributed by atoms with E-state index in [1.54, 1.807) is 12.1 Å². The third kappa shape index (κ3) is 4.11. The number of benzene rings is 2. The Bertz CT molecular complexity index is 925. The van der Waals surface area contributed by atoms with Crippen LogP contribution >= 0.6 is 11.8 Å². The number of rotatable bonds is 6. The van der Waals surface area contributed by atoms with Crippen molar-refractivity contribution in [3.8, 4) is 11.4 Å². The van der Waals surface area contributed by atoms with Crippen molar-refractivity contribution in [1.29, 1.82) is 0 Å². The van der Waals surface area contributed by atoms with Gasteiger partial charge in [0.15, 0.2) is 11.0 Å². The lowest BCUT2D eigenvalue weighted by Crippen LogP contribution is -2.14. The summed E-state index contributed by atoms with van der Waals surface area (Å²) in [5.74, 6) is 0.356. The standard InChI is InChI=1S/C19H19FN4OS/c1-3-24-18(16-10-5-4-7-13(16)2)22-23-19(24)26-12-17(25)21-15-9-6-8-14(20)11-15/h4-11H,3,12H2,1-2H3,(H,21,25). The van der Waals surface area contributed by atoms with Crippen LogP contribution in [0.25, 0.3) is 11.4 Å². The van der Waals surface area contributed by atoms with Crippen molar-refractivity contribution in [3.05, 3.63) is 59.9 Å². The first-order chi connectivity index (χ1) is 12.6. The molecular weight excluding hydrogens is 351 g/mol. The highest BCUT2D eigenvalue weighted by atomic mass is 32.2. The summed E-state index contributed by atoms with van der Waals surface area (Å²) in [5, 5.41) is 11.9. The third-order valence-corrected chi connectivity index (χ3v) is 4.83. The van der Waals surface area contributed by atoms with Crippen LogP contribution in [0.4, 0.5) is 10.1 Å². The molecule has 7 heteroatoms. The van der Waals surface area contributed by atoms with Crippen LogP contribution in [0, 0.1) is 12.7 Å². The van der Waals surface area contributed by atoms with Crippen LogP contribution in [0.3, 0.4) is 0 Å². The summed E-state index contributed by atoms with van der Waals surface area (Å²) in [5.41, 5.74) is 2.58. The number of aryl methyl sites for hydroxylation is 1. The lowest BCUT2D eigenvalue weighted by molar-refractivity contribution is -0.113. The van der Waals surface area contributed by atoms with Crippen LogP contribution in [0.2, 0.25) is 0 Å². The number of carbonyl (C=O) groups is 1. The highest BCUT2D eigenvalue weighted by Gasteiger charge is 2.15. The van der Waals surface area contributed by atoms with E-state index in [1.807, 2.05) is 42.7 Å². The van der Waals surface area contributed by atoms with Gasteiger partial charge in [-0.3, -0.25) is 4.79 Å². The summed E-state index contributed by atoms with van der Waals surface area (Å²) in [4.78, 5) is 12.1. The average Bonchev–Trinajstić information content (AvgIpc) is 3.03. The number of anilines is 1. The van der Waals surface area contributed by atoms with E-state index in [9.17, 15) is 9.18 Å². The maximum absolute atomic E-state index is 13.2. The number of aromatic nitrogens is 3. The van der Waals surface area contributed by atoms with E-state index < -0.39 is 0 Å². The fraction of sp³-hybridized carbons (Fsp3) is 0.211. The van der Waals surface area contributed by atoms with Crippen LogP contribution in [-0.4, -0.2) is 26.4 Å². The van der Waals surface area contributed by atoms with Gasteiger partial charge in [0.2, 0.25) is 5.91 Å².